The molecule has 3 unspecified atom stereocenters. The van der Waals surface area contributed by atoms with E-state index < -0.39 is 0 Å². The van der Waals surface area contributed by atoms with Crippen LogP contribution in [-0.2, 0) is 4.79 Å². The lowest BCUT2D eigenvalue weighted by Gasteiger charge is -2.18. The fourth-order valence-corrected chi connectivity index (χ4v) is 3.14. The molecule has 1 aliphatic rings. The summed E-state index contributed by atoms with van der Waals surface area (Å²) >= 11 is 0. The minimum absolute atomic E-state index is 0.000395. The molecule has 1 N–H and O–H groups in total. The number of ether oxygens (including phenoxy) is 1. The Hall–Kier alpha value is -2.36. The van der Waals surface area contributed by atoms with Crippen molar-refractivity contribution in [1.29, 1.82) is 0 Å². The Morgan fingerprint density at radius 2 is 1.96 bits per heavy atom. The van der Waals surface area contributed by atoms with Crippen LogP contribution in [0.3, 0.4) is 0 Å². The lowest BCUT2D eigenvalue weighted by atomic mass is 10.0. The van der Waals surface area contributed by atoms with Gasteiger partial charge in [-0.25, -0.2) is 4.39 Å². The van der Waals surface area contributed by atoms with Gasteiger partial charge in [0.1, 0.15) is 11.6 Å². The molecule has 2 aromatic rings. The monoisotopic (exact) mass is 327 g/mol. The lowest BCUT2D eigenvalue weighted by molar-refractivity contribution is -0.123. The molecule has 0 spiro atoms. The average molecular weight is 327 g/mol. The number of halogens is 1. The molecule has 1 fully saturated rings. The van der Waals surface area contributed by atoms with Gasteiger partial charge in [-0.3, -0.25) is 4.79 Å². The highest BCUT2D eigenvalue weighted by atomic mass is 19.1. The summed E-state index contributed by atoms with van der Waals surface area (Å²) in [5, 5.41) is 3.10. The summed E-state index contributed by atoms with van der Waals surface area (Å²) in [5.41, 5.74) is 1.70. The summed E-state index contributed by atoms with van der Waals surface area (Å²) < 4.78 is 19.0. The number of amides is 1. The fourth-order valence-electron chi connectivity index (χ4n) is 3.14. The van der Waals surface area contributed by atoms with Gasteiger partial charge in [-0.2, -0.15) is 0 Å². The summed E-state index contributed by atoms with van der Waals surface area (Å²) in [6.07, 6.45) is 1.51. The molecule has 1 amide bonds. The van der Waals surface area contributed by atoms with Crippen LogP contribution < -0.4 is 10.1 Å². The molecule has 3 rings (SSSR count). The van der Waals surface area contributed by atoms with Gasteiger partial charge in [0.2, 0.25) is 5.91 Å². The van der Waals surface area contributed by atoms with Crippen molar-refractivity contribution in [1.82, 2.24) is 5.32 Å². The second-order valence-corrected chi connectivity index (χ2v) is 6.21. The smallest absolute Gasteiger partial charge is 0.224 e. The normalized spacial score (nSPS) is 20.3. The van der Waals surface area contributed by atoms with Gasteiger partial charge in [0.25, 0.3) is 0 Å². The van der Waals surface area contributed by atoms with Gasteiger partial charge in [0.05, 0.1) is 13.2 Å². The predicted octanol–water partition coefficient (Wildman–Crippen LogP) is 4.21. The van der Waals surface area contributed by atoms with Crippen molar-refractivity contribution in [3.8, 4) is 5.75 Å². The number of rotatable bonds is 6. The first-order valence-electron chi connectivity index (χ1n) is 8.32. The van der Waals surface area contributed by atoms with E-state index in [9.17, 15) is 9.18 Å². The van der Waals surface area contributed by atoms with Crippen LogP contribution in [0.15, 0.2) is 48.5 Å². The van der Waals surface area contributed by atoms with Crippen molar-refractivity contribution in [2.24, 2.45) is 5.92 Å². The predicted molar refractivity (Wildman–Crippen MR) is 91.4 cm³/mol. The molecule has 126 valence electrons. The van der Waals surface area contributed by atoms with Crippen LogP contribution in [0.5, 0.6) is 5.75 Å². The zero-order chi connectivity index (χ0) is 17.1. The first-order valence-corrected chi connectivity index (χ1v) is 8.32. The third kappa shape index (κ3) is 3.42. The summed E-state index contributed by atoms with van der Waals surface area (Å²) in [6, 6.07) is 14.4. The van der Waals surface area contributed by atoms with E-state index in [1.807, 2.05) is 37.3 Å². The second-order valence-electron chi connectivity index (χ2n) is 6.21. The van der Waals surface area contributed by atoms with Gasteiger partial charge in [-0.15, -0.1) is 0 Å². The van der Waals surface area contributed by atoms with Crippen molar-refractivity contribution >= 4 is 5.91 Å². The van der Waals surface area contributed by atoms with Crippen LogP contribution in [0.25, 0.3) is 0 Å². The minimum atomic E-state index is -0.222. The van der Waals surface area contributed by atoms with E-state index in [1.54, 1.807) is 19.2 Å². The second kappa shape index (κ2) is 7.04. The Bertz CT molecular complexity index is 714. The number of nitrogens with one attached hydrogen (secondary N) is 1. The number of carbonyl (C=O) groups excluding carboxylic acids is 1. The van der Waals surface area contributed by atoms with E-state index in [4.69, 9.17) is 4.74 Å². The molecule has 24 heavy (non-hydrogen) atoms. The van der Waals surface area contributed by atoms with E-state index in [0.717, 1.165) is 17.7 Å². The summed E-state index contributed by atoms with van der Waals surface area (Å²) in [7, 11) is 1.63. The van der Waals surface area contributed by atoms with Crippen molar-refractivity contribution in [3.05, 3.63) is 65.5 Å². The Kier molecular flexibility index (Phi) is 4.84. The lowest BCUT2D eigenvalue weighted by Crippen LogP contribution is -2.29. The SMILES string of the molecule is CCC(NC(=O)C1CC1c1ccccc1F)c1ccc(OC)cc1. The van der Waals surface area contributed by atoms with Crippen LogP contribution in [0.2, 0.25) is 0 Å². The van der Waals surface area contributed by atoms with Crippen molar-refractivity contribution < 1.29 is 13.9 Å². The summed E-state index contributed by atoms with van der Waals surface area (Å²) in [6.45, 7) is 2.04. The van der Waals surface area contributed by atoms with Crippen molar-refractivity contribution in [3.63, 3.8) is 0 Å². The molecule has 0 aromatic heterocycles. The molecule has 0 heterocycles. The molecule has 0 bridgehead atoms. The molecule has 0 aliphatic heterocycles. The Balaban J connectivity index is 1.64. The van der Waals surface area contributed by atoms with Crippen LogP contribution in [-0.4, -0.2) is 13.0 Å². The Morgan fingerprint density at radius 3 is 2.58 bits per heavy atom. The van der Waals surface area contributed by atoms with Crippen LogP contribution in [0.4, 0.5) is 4.39 Å². The molecule has 0 saturated heterocycles. The maximum absolute atomic E-state index is 13.8. The van der Waals surface area contributed by atoms with Gasteiger partial charge in [-0.1, -0.05) is 37.3 Å². The molecule has 4 heteroatoms. The molecule has 2 aromatic carbocycles. The highest BCUT2D eigenvalue weighted by Gasteiger charge is 2.45. The zero-order valence-corrected chi connectivity index (χ0v) is 14.0. The number of carbonyl (C=O) groups is 1. The maximum atomic E-state index is 13.8. The van der Waals surface area contributed by atoms with Gasteiger partial charge in [0.15, 0.2) is 0 Å². The van der Waals surface area contributed by atoms with E-state index in [0.29, 0.717) is 12.0 Å². The van der Waals surface area contributed by atoms with Crippen LogP contribution in [0.1, 0.15) is 42.9 Å². The van der Waals surface area contributed by atoms with Gasteiger partial charge < -0.3 is 10.1 Å². The fraction of sp³-hybridized carbons (Fsp3) is 0.350. The van der Waals surface area contributed by atoms with E-state index in [1.165, 1.54) is 6.07 Å². The number of hydrogen-bond donors (Lipinski definition) is 1. The van der Waals surface area contributed by atoms with Crippen molar-refractivity contribution in [2.75, 3.05) is 7.11 Å². The number of methoxy groups -OCH3 is 1. The topological polar surface area (TPSA) is 38.3 Å². The summed E-state index contributed by atoms with van der Waals surface area (Å²) in [4.78, 5) is 12.5. The molecule has 3 nitrogen and oxygen atoms in total. The van der Waals surface area contributed by atoms with Gasteiger partial charge in [0, 0.05) is 5.92 Å². The van der Waals surface area contributed by atoms with Crippen molar-refractivity contribution in [2.45, 2.75) is 31.7 Å². The molecule has 1 saturated carbocycles. The summed E-state index contributed by atoms with van der Waals surface area (Å²) in [5.74, 6) is 0.446. The number of benzene rings is 2. The molecule has 1 aliphatic carbocycles. The molecular weight excluding hydrogens is 305 g/mol. The highest BCUT2D eigenvalue weighted by Crippen LogP contribution is 2.48. The van der Waals surface area contributed by atoms with Crippen LogP contribution >= 0.6 is 0 Å². The highest BCUT2D eigenvalue weighted by molar-refractivity contribution is 5.83. The quantitative estimate of drug-likeness (QED) is 0.863. The van der Waals surface area contributed by atoms with E-state index in [-0.39, 0.29) is 29.6 Å². The first-order chi connectivity index (χ1) is 11.6. The molecule has 3 atom stereocenters. The third-order valence-corrected chi connectivity index (χ3v) is 4.67. The van der Waals surface area contributed by atoms with E-state index in [2.05, 4.69) is 5.32 Å². The number of hydrogen-bond acceptors (Lipinski definition) is 2. The minimum Gasteiger partial charge on any atom is -0.497 e. The van der Waals surface area contributed by atoms with Crippen LogP contribution in [0, 0.1) is 11.7 Å². The van der Waals surface area contributed by atoms with E-state index >= 15 is 0 Å². The average Bonchev–Trinajstić information content (AvgIpc) is 3.40. The first kappa shape index (κ1) is 16.5. The maximum Gasteiger partial charge on any atom is 0.224 e. The molecule has 0 radical (unpaired) electrons. The molecular formula is C20H22FNO2. The Morgan fingerprint density at radius 1 is 1.25 bits per heavy atom. The van der Waals surface area contributed by atoms with Gasteiger partial charge in [-0.05, 0) is 48.1 Å². The zero-order valence-electron chi connectivity index (χ0n) is 14.0. The standard InChI is InChI=1S/C20H22FNO2/c1-3-19(13-8-10-14(24-2)11-9-13)22-20(23)17-12-16(17)15-6-4-5-7-18(15)21/h4-11,16-17,19H,3,12H2,1-2H3,(H,22,23). The third-order valence-electron chi connectivity index (χ3n) is 4.67. The van der Waals surface area contributed by atoms with Gasteiger partial charge >= 0.3 is 0 Å². The Labute approximate surface area is 141 Å². The largest absolute Gasteiger partial charge is 0.497 e.